The van der Waals surface area contributed by atoms with Crippen LogP contribution in [0.5, 0.6) is 0 Å². The lowest BCUT2D eigenvalue weighted by atomic mass is 9.73. The summed E-state index contributed by atoms with van der Waals surface area (Å²) in [6.45, 7) is 3.12. The minimum absolute atomic E-state index is 0.0188. The lowest BCUT2D eigenvalue weighted by Gasteiger charge is -2.37. The molecule has 1 saturated heterocycles. The zero-order valence-electron chi connectivity index (χ0n) is 19.1. The molecule has 178 valence electrons. The van der Waals surface area contributed by atoms with Gasteiger partial charge in [-0.3, -0.25) is 4.79 Å². The van der Waals surface area contributed by atoms with E-state index in [0.717, 1.165) is 45.1 Å². The number of anilines is 1. The smallest absolute Gasteiger partial charge is 0.343 e. The number of hydrogen-bond donors (Lipinski definition) is 3. The molecular weight excluding hydrogens is 422 g/mol. The molecule has 2 aromatic rings. The van der Waals surface area contributed by atoms with Crippen LogP contribution in [0.4, 0.5) is 5.82 Å². The normalized spacial score (nSPS) is 21.8. The Bertz CT molecular complexity index is 935. The largest absolute Gasteiger partial charge is 0.462 e. The van der Waals surface area contributed by atoms with E-state index in [1.165, 1.54) is 0 Å². The van der Waals surface area contributed by atoms with Gasteiger partial charge in [0.1, 0.15) is 12.4 Å². The fourth-order valence-electron chi connectivity index (χ4n) is 5.10. The van der Waals surface area contributed by atoms with Crippen LogP contribution in [0.1, 0.15) is 49.8 Å². The molecule has 1 aromatic carbocycles. The molecule has 2 fully saturated rings. The number of aromatic nitrogens is 1. The van der Waals surface area contributed by atoms with Gasteiger partial charge in [-0.25, -0.2) is 4.79 Å². The van der Waals surface area contributed by atoms with Crippen molar-refractivity contribution in [2.24, 2.45) is 17.8 Å². The summed E-state index contributed by atoms with van der Waals surface area (Å²) in [5.41, 5.74) is -1.18. The maximum Gasteiger partial charge on any atom is 0.343 e. The van der Waals surface area contributed by atoms with Crippen molar-refractivity contribution in [3.8, 4) is 0 Å². The molecule has 1 aliphatic carbocycles. The van der Waals surface area contributed by atoms with Crippen LogP contribution in [0.15, 0.2) is 40.9 Å². The second-order valence-electron chi connectivity index (χ2n) is 9.24. The molecule has 0 spiro atoms. The van der Waals surface area contributed by atoms with Gasteiger partial charge in [0.25, 0.3) is 0 Å². The highest BCUT2D eigenvalue weighted by Crippen LogP contribution is 2.40. The molecule has 4 rings (SSSR count). The van der Waals surface area contributed by atoms with Crippen molar-refractivity contribution in [1.82, 2.24) is 10.5 Å². The molecule has 33 heavy (non-hydrogen) atoms. The zero-order valence-corrected chi connectivity index (χ0v) is 19.1. The topological polar surface area (TPSA) is 114 Å². The van der Waals surface area contributed by atoms with E-state index >= 15 is 0 Å². The van der Waals surface area contributed by atoms with Crippen molar-refractivity contribution < 1.29 is 24.0 Å². The first-order valence-electron chi connectivity index (χ1n) is 11.9. The molecule has 0 radical (unpaired) electrons. The maximum absolute atomic E-state index is 13.4. The summed E-state index contributed by atoms with van der Waals surface area (Å²) in [6, 6.07) is 10.7. The molecular formula is C25H33N3O5. The van der Waals surface area contributed by atoms with Gasteiger partial charge in [-0.2, -0.15) is 0 Å². The van der Waals surface area contributed by atoms with Crippen LogP contribution in [-0.2, 0) is 19.9 Å². The molecule has 8 nitrogen and oxygen atoms in total. The predicted octanol–water partition coefficient (Wildman–Crippen LogP) is 3.16. The first kappa shape index (κ1) is 23.4. The highest BCUT2D eigenvalue weighted by Gasteiger charge is 2.47. The molecule has 1 saturated carbocycles. The minimum atomic E-state index is -1.72. The van der Waals surface area contributed by atoms with Gasteiger partial charge in [0.2, 0.25) is 5.91 Å². The van der Waals surface area contributed by atoms with Crippen molar-refractivity contribution in [1.29, 1.82) is 0 Å². The predicted molar refractivity (Wildman–Crippen MR) is 122 cm³/mol. The quantitative estimate of drug-likeness (QED) is 0.524. The third kappa shape index (κ3) is 5.28. The molecule has 1 aromatic heterocycles. The van der Waals surface area contributed by atoms with E-state index in [2.05, 4.69) is 15.8 Å². The van der Waals surface area contributed by atoms with Crippen LogP contribution in [0.2, 0.25) is 0 Å². The number of aliphatic hydroxyl groups is 1. The Morgan fingerprint density at radius 3 is 2.64 bits per heavy atom. The average molecular weight is 456 g/mol. The number of hydrogen-bond acceptors (Lipinski definition) is 7. The first-order valence-corrected chi connectivity index (χ1v) is 11.9. The van der Waals surface area contributed by atoms with Crippen LogP contribution >= 0.6 is 0 Å². The Balaban J connectivity index is 1.51. The molecule has 2 heterocycles. The van der Waals surface area contributed by atoms with E-state index in [9.17, 15) is 14.7 Å². The van der Waals surface area contributed by atoms with E-state index in [1.54, 1.807) is 25.1 Å². The summed E-state index contributed by atoms with van der Waals surface area (Å²) in [6.07, 6.45) is 5.39. The highest BCUT2D eigenvalue weighted by molar-refractivity contribution is 5.92. The number of benzene rings is 1. The summed E-state index contributed by atoms with van der Waals surface area (Å²) in [5, 5.41) is 21.6. The summed E-state index contributed by atoms with van der Waals surface area (Å²) in [4.78, 5) is 26.5. The van der Waals surface area contributed by atoms with Gasteiger partial charge in [0, 0.05) is 12.0 Å². The van der Waals surface area contributed by atoms with Gasteiger partial charge in [-0.15, -0.1) is 0 Å². The van der Waals surface area contributed by atoms with E-state index in [-0.39, 0.29) is 24.3 Å². The summed E-state index contributed by atoms with van der Waals surface area (Å²) in [7, 11) is 0. The molecule has 3 atom stereocenters. The van der Waals surface area contributed by atoms with Gasteiger partial charge in [0.05, 0.1) is 5.92 Å². The minimum Gasteiger partial charge on any atom is -0.462 e. The molecule has 0 bridgehead atoms. The summed E-state index contributed by atoms with van der Waals surface area (Å²) >= 11 is 0. The van der Waals surface area contributed by atoms with Crippen LogP contribution in [0.25, 0.3) is 0 Å². The number of amides is 1. The fraction of sp³-hybridized carbons (Fsp3) is 0.560. The number of esters is 1. The number of rotatable bonds is 8. The van der Waals surface area contributed by atoms with E-state index in [0.29, 0.717) is 23.7 Å². The number of aryl methyl sites for hydroxylation is 1. The maximum atomic E-state index is 13.4. The highest BCUT2D eigenvalue weighted by atomic mass is 16.6. The van der Waals surface area contributed by atoms with Crippen molar-refractivity contribution in [3.05, 3.63) is 47.7 Å². The zero-order chi connectivity index (χ0) is 23.3. The van der Waals surface area contributed by atoms with Crippen molar-refractivity contribution in [3.63, 3.8) is 0 Å². The summed E-state index contributed by atoms with van der Waals surface area (Å²) < 4.78 is 10.8. The molecule has 1 aliphatic heterocycles. The van der Waals surface area contributed by atoms with Crippen LogP contribution in [0.3, 0.4) is 0 Å². The average Bonchev–Trinajstić information content (AvgIpc) is 3.52. The second kappa shape index (κ2) is 10.5. The van der Waals surface area contributed by atoms with Crippen LogP contribution in [0, 0.1) is 24.7 Å². The van der Waals surface area contributed by atoms with Crippen molar-refractivity contribution in [2.75, 3.05) is 25.0 Å². The number of ether oxygens (including phenoxy) is 1. The lowest BCUT2D eigenvalue weighted by Crippen LogP contribution is -2.46. The first-order chi connectivity index (χ1) is 16.0. The van der Waals surface area contributed by atoms with Gasteiger partial charge in [-0.1, -0.05) is 54.8 Å². The number of carbonyl (C=O) groups excluding carboxylic acids is 2. The SMILES string of the molecule is Cc1cc(NC(=O)C(COC(=O)C(O)(c2ccccc2)C2CCCCC2)[C@H]2CCNC2)no1. The van der Waals surface area contributed by atoms with E-state index in [1.807, 2.05) is 18.2 Å². The Labute approximate surface area is 194 Å². The van der Waals surface area contributed by atoms with Gasteiger partial charge in [0.15, 0.2) is 11.4 Å². The van der Waals surface area contributed by atoms with Crippen LogP contribution in [-0.4, -0.2) is 41.8 Å². The third-order valence-electron chi connectivity index (χ3n) is 7.00. The van der Waals surface area contributed by atoms with E-state index < -0.39 is 17.5 Å². The third-order valence-corrected chi connectivity index (χ3v) is 7.00. The molecule has 1 amide bonds. The number of nitrogens with zero attached hydrogens (tertiary/aromatic N) is 1. The number of carbonyl (C=O) groups is 2. The molecule has 8 heteroatoms. The molecule has 2 aliphatic rings. The van der Waals surface area contributed by atoms with E-state index in [4.69, 9.17) is 9.26 Å². The lowest BCUT2D eigenvalue weighted by molar-refractivity contribution is -0.177. The summed E-state index contributed by atoms with van der Waals surface area (Å²) in [5.74, 6) is -0.774. The van der Waals surface area contributed by atoms with Crippen molar-refractivity contribution >= 4 is 17.7 Å². The monoisotopic (exact) mass is 455 g/mol. The standard InChI is InChI=1S/C25H33N3O5/c1-17-14-22(28-33-17)27-23(29)21(18-12-13-26-15-18)16-32-24(30)25(31,19-8-4-2-5-9-19)20-10-6-3-7-11-20/h2,4-5,8-9,14,18,20-21,26,31H,3,6-7,10-13,15-16H2,1H3,(H,27,28,29)/t18-,21?,25?/m0/s1. The Hall–Kier alpha value is -2.71. The van der Waals surface area contributed by atoms with Gasteiger partial charge < -0.3 is 25.0 Å². The Morgan fingerprint density at radius 1 is 1.24 bits per heavy atom. The molecule has 2 unspecified atom stereocenters. The number of nitrogens with one attached hydrogen (secondary N) is 2. The Kier molecular flexibility index (Phi) is 7.45. The second-order valence-corrected chi connectivity index (χ2v) is 9.24. The van der Waals surface area contributed by atoms with Gasteiger partial charge >= 0.3 is 5.97 Å². The molecule has 3 N–H and O–H groups in total. The van der Waals surface area contributed by atoms with Crippen molar-refractivity contribution in [2.45, 2.75) is 51.0 Å². The van der Waals surface area contributed by atoms with Gasteiger partial charge in [-0.05, 0) is 50.8 Å². The Morgan fingerprint density at radius 2 is 2.00 bits per heavy atom. The fourth-order valence-corrected chi connectivity index (χ4v) is 5.10. The van der Waals surface area contributed by atoms with Crippen LogP contribution < -0.4 is 10.6 Å².